The number of thiazole rings is 1. The van der Waals surface area contributed by atoms with Gasteiger partial charge in [0.2, 0.25) is 10.8 Å². The average Bonchev–Trinajstić information content (AvgIpc) is 3.04. The number of carbonyl (C=O) groups is 1. The molecule has 0 radical (unpaired) electrons. The molecule has 2 aromatic heterocycles. The first-order valence-corrected chi connectivity index (χ1v) is 9.42. The van der Waals surface area contributed by atoms with Crippen molar-refractivity contribution >= 4 is 32.4 Å². The highest BCUT2D eigenvalue weighted by Crippen LogP contribution is 2.25. The summed E-state index contributed by atoms with van der Waals surface area (Å²) in [6.45, 7) is 0.402. The second-order valence-electron chi connectivity index (χ2n) is 6.15. The molecule has 4 rings (SSSR count). The van der Waals surface area contributed by atoms with Crippen molar-refractivity contribution < 1.29 is 9.90 Å². The minimum absolute atomic E-state index is 0.323. The lowest BCUT2D eigenvalue weighted by molar-refractivity contribution is 0.0948. The Balaban J connectivity index is 1.56. The normalized spacial score (nSPS) is 11.1. The Kier molecular flexibility index (Phi) is 4.60. The van der Waals surface area contributed by atoms with E-state index in [-0.39, 0.29) is 5.56 Å². The molecule has 0 fully saturated rings. The van der Waals surface area contributed by atoms with Crippen molar-refractivity contribution in [1.29, 1.82) is 0 Å². The second kappa shape index (κ2) is 7.20. The van der Waals surface area contributed by atoms with Crippen molar-refractivity contribution in [2.75, 3.05) is 6.54 Å². The van der Waals surface area contributed by atoms with Crippen LogP contribution in [-0.4, -0.2) is 26.9 Å². The third kappa shape index (κ3) is 3.29. The number of nitrogens with one attached hydrogen (secondary N) is 1. The van der Waals surface area contributed by atoms with Crippen molar-refractivity contribution in [3.05, 3.63) is 76.1 Å². The van der Waals surface area contributed by atoms with Crippen molar-refractivity contribution in [1.82, 2.24) is 14.7 Å². The summed E-state index contributed by atoms with van der Waals surface area (Å²) in [7, 11) is 0. The number of benzene rings is 2. The summed E-state index contributed by atoms with van der Waals surface area (Å²) in [5, 5.41) is 12.8. The Bertz CT molecular complexity index is 1180. The third-order valence-corrected chi connectivity index (χ3v) is 5.36. The van der Waals surface area contributed by atoms with E-state index in [4.69, 9.17) is 0 Å². The maximum atomic E-state index is 12.8. The molecule has 0 spiro atoms. The molecule has 0 saturated heterocycles. The molecular formula is C20H17N3O3S. The first-order valence-electron chi connectivity index (χ1n) is 8.60. The first kappa shape index (κ1) is 17.2. The molecule has 0 aliphatic heterocycles. The van der Waals surface area contributed by atoms with E-state index in [1.807, 2.05) is 48.5 Å². The summed E-state index contributed by atoms with van der Waals surface area (Å²) in [4.78, 5) is 29.7. The minimum Gasteiger partial charge on any atom is -0.492 e. The smallest absolute Gasteiger partial charge is 0.275 e. The maximum Gasteiger partial charge on any atom is 0.275 e. The zero-order valence-corrected chi connectivity index (χ0v) is 15.2. The van der Waals surface area contributed by atoms with Crippen LogP contribution in [0.2, 0.25) is 0 Å². The summed E-state index contributed by atoms with van der Waals surface area (Å²) in [5.74, 6) is -1.14. The number of amides is 1. The lowest BCUT2D eigenvalue weighted by atomic mass is 10.1. The number of fused-ring (bicyclic) bond motifs is 3. The van der Waals surface area contributed by atoms with Gasteiger partial charge in [0.15, 0.2) is 5.56 Å². The van der Waals surface area contributed by atoms with Crippen LogP contribution in [0.15, 0.2) is 59.4 Å². The molecule has 4 aromatic rings. The fourth-order valence-corrected chi connectivity index (χ4v) is 4.04. The highest BCUT2D eigenvalue weighted by atomic mass is 32.1. The largest absolute Gasteiger partial charge is 0.492 e. The van der Waals surface area contributed by atoms with Gasteiger partial charge in [-0.15, -0.1) is 0 Å². The van der Waals surface area contributed by atoms with E-state index < -0.39 is 17.3 Å². The highest BCUT2D eigenvalue weighted by Gasteiger charge is 2.21. The Labute approximate surface area is 158 Å². The molecule has 0 unspecified atom stereocenters. The molecule has 0 saturated carbocycles. The number of aromatic nitrogens is 2. The Morgan fingerprint density at radius 3 is 2.67 bits per heavy atom. The molecule has 136 valence electrons. The van der Waals surface area contributed by atoms with E-state index in [1.165, 1.54) is 21.3 Å². The van der Waals surface area contributed by atoms with Crippen LogP contribution in [0.4, 0.5) is 0 Å². The molecule has 0 aliphatic carbocycles. The number of nitrogens with zero attached hydrogens (tertiary/aromatic N) is 2. The number of carbonyl (C=O) groups excluding carboxylic acids is 1. The Morgan fingerprint density at radius 1 is 1.11 bits per heavy atom. The number of hydrogen-bond donors (Lipinski definition) is 2. The molecule has 2 N–H and O–H groups in total. The van der Waals surface area contributed by atoms with Crippen LogP contribution >= 0.6 is 11.3 Å². The van der Waals surface area contributed by atoms with Gasteiger partial charge in [-0.05, 0) is 30.5 Å². The monoisotopic (exact) mass is 379 g/mol. The fourth-order valence-electron chi connectivity index (χ4n) is 3.02. The molecule has 7 heteroatoms. The SMILES string of the molecule is O=C(NCCCc1ccccc1)c1c(O)nc2sc3ccccc3n2c1=O. The summed E-state index contributed by atoms with van der Waals surface area (Å²) in [5.41, 5.74) is 0.974. The van der Waals surface area contributed by atoms with Crippen LogP contribution in [0.3, 0.4) is 0 Å². The van der Waals surface area contributed by atoms with Crippen LogP contribution in [0.5, 0.6) is 5.88 Å². The molecule has 2 heterocycles. The standard InChI is InChI=1S/C20H17N3O3S/c24-17(21-12-6-9-13-7-2-1-3-8-13)16-18(25)22-20-23(19(16)26)14-10-4-5-11-15(14)27-20/h1-5,7-8,10-11,25H,6,9,12H2,(H,21,24). The van der Waals surface area contributed by atoms with Gasteiger partial charge in [-0.1, -0.05) is 53.8 Å². The summed E-state index contributed by atoms with van der Waals surface area (Å²) in [6, 6.07) is 17.3. The highest BCUT2D eigenvalue weighted by molar-refractivity contribution is 7.23. The predicted molar refractivity (Wildman–Crippen MR) is 106 cm³/mol. The summed E-state index contributed by atoms with van der Waals surface area (Å²) in [6.07, 6.45) is 1.55. The minimum atomic E-state index is -0.609. The molecule has 2 aromatic carbocycles. The van der Waals surface area contributed by atoms with Crippen LogP contribution in [-0.2, 0) is 6.42 Å². The lowest BCUT2D eigenvalue weighted by Crippen LogP contribution is -2.32. The van der Waals surface area contributed by atoms with Crippen LogP contribution in [0.25, 0.3) is 15.2 Å². The molecule has 0 atom stereocenters. The first-order chi connectivity index (χ1) is 13.1. The van der Waals surface area contributed by atoms with Gasteiger partial charge < -0.3 is 10.4 Å². The molecule has 0 bridgehead atoms. The van der Waals surface area contributed by atoms with E-state index in [0.29, 0.717) is 17.0 Å². The van der Waals surface area contributed by atoms with Crippen LogP contribution in [0, 0.1) is 0 Å². The van der Waals surface area contributed by atoms with E-state index >= 15 is 0 Å². The van der Waals surface area contributed by atoms with Gasteiger partial charge >= 0.3 is 0 Å². The molecule has 27 heavy (non-hydrogen) atoms. The average molecular weight is 379 g/mol. The molecular weight excluding hydrogens is 362 g/mol. The van der Waals surface area contributed by atoms with E-state index in [0.717, 1.165) is 17.5 Å². The summed E-state index contributed by atoms with van der Waals surface area (Å²) < 4.78 is 2.24. The molecule has 6 nitrogen and oxygen atoms in total. The maximum absolute atomic E-state index is 12.8. The number of para-hydroxylation sites is 1. The van der Waals surface area contributed by atoms with E-state index in [9.17, 15) is 14.7 Å². The van der Waals surface area contributed by atoms with E-state index in [1.54, 1.807) is 6.07 Å². The van der Waals surface area contributed by atoms with Gasteiger partial charge in [0.25, 0.3) is 11.5 Å². The second-order valence-corrected chi connectivity index (χ2v) is 7.16. The number of rotatable bonds is 5. The lowest BCUT2D eigenvalue weighted by Gasteiger charge is -2.07. The Hall–Kier alpha value is -3.19. The number of hydrogen-bond acceptors (Lipinski definition) is 5. The zero-order valence-electron chi connectivity index (χ0n) is 14.4. The fraction of sp³-hybridized carbons (Fsp3) is 0.150. The van der Waals surface area contributed by atoms with E-state index in [2.05, 4.69) is 10.3 Å². The van der Waals surface area contributed by atoms with Gasteiger partial charge in [-0.3, -0.25) is 14.0 Å². The quantitative estimate of drug-likeness (QED) is 0.522. The van der Waals surface area contributed by atoms with Crippen LogP contribution in [0.1, 0.15) is 22.3 Å². The molecule has 1 amide bonds. The number of aromatic hydroxyl groups is 1. The van der Waals surface area contributed by atoms with Gasteiger partial charge in [-0.25, -0.2) is 0 Å². The summed E-state index contributed by atoms with van der Waals surface area (Å²) >= 11 is 1.29. The third-order valence-electron chi connectivity index (χ3n) is 4.34. The van der Waals surface area contributed by atoms with Crippen molar-refractivity contribution in [3.8, 4) is 5.88 Å². The van der Waals surface area contributed by atoms with Gasteiger partial charge in [0.05, 0.1) is 10.2 Å². The van der Waals surface area contributed by atoms with Gasteiger partial charge in [-0.2, -0.15) is 4.98 Å². The van der Waals surface area contributed by atoms with Gasteiger partial charge in [0, 0.05) is 6.54 Å². The predicted octanol–water partition coefficient (Wildman–Crippen LogP) is 2.98. The van der Waals surface area contributed by atoms with Crippen molar-refractivity contribution in [2.45, 2.75) is 12.8 Å². The van der Waals surface area contributed by atoms with Gasteiger partial charge in [0.1, 0.15) is 0 Å². The Morgan fingerprint density at radius 2 is 1.85 bits per heavy atom. The van der Waals surface area contributed by atoms with Crippen LogP contribution < -0.4 is 10.9 Å². The molecule has 0 aliphatic rings. The zero-order chi connectivity index (χ0) is 18.8. The number of aryl methyl sites for hydroxylation is 1. The topological polar surface area (TPSA) is 83.7 Å². The van der Waals surface area contributed by atoms with Crippen molar-refractivity contribution in [3.63, 3.8) is 0 Å². The van der Waals surface area contributed by atoms with Crippen molar-refractivity contribution in [2.24, 2.45) is 0 Å².